The molecule has 0 saturated heterocycles. The Labute approximate surface area is 121 Å². The van der Waals surface area contributed by atoms with E-state index in [9.17, 15) is 4.79 Å². The zero-order valence-corrected chi connectivity index (χ0v) is 12.5. The van der Waals surface area contributed by atoms with E-state index in [-0.39, 0.29) is 5.41 Å². The highest BCUT2D eigenvalue weighted by Gasteiger charge is 2.41. The van der Waals surface area contributed by atoms with Gasteiger partial charge in [0.2, 0.25) is 5.91 Å². The van der Waals surface area contributed by atoms with Gasteiger partial charge in [0.25, 0.3) is 0 Å². The fourth-order valence-electron chi connectivity index (χ4n) is 3.62. The number of allylic oxidation sites excluding steroid dienone is 1. The molecule has 0 bridgehead atoms. The number of carbonyl (C=O) groups excluding carboxylic acids is 1. The van der Waals surface area contributed by atoms with Crippen molar-refractivity contribution in [3.8, 4) is 0 Å². The Hall–Kier alpha value is -1.57. The molecule has 20 heavy (non-hydrogen) atoms. The number of rotatable bonds is 2. The predicted octanol–water partition coefficient (Wildman–Crippen LogP) is 4.19. The van der Waals surface area contributed by atoms with Gasteiger partial charge in [0, 0.05) is 17.6 Å². The lowest BCUT2D eigenvalue weighted by Gasteiger charge is -2.29. The number of carbonyl (C=O) groups is 1. The average molecular weight is 269 g/mol. The number of nitrogens with zero attached hydrogens (tertiary/aromatic N) is 1. The Morgan fingerprint density at radius 2 is 2.05 bits per heavy atom. The monoisotopic (exact) mass is 269 g/mol. The smallest absolute Gasteiger partial charge is 0.232 e. The molecule has 2 heteroatoms. The fourth-order valence-corrected chi connectivity index (χ4v) is 3.62. The number of hydrogen-bond acceptors (Lipinski definition) is 1. The van der Waals surface area contributed by atoms with E-state index < -0.39 is 0 Å². The normalized spacial score (nSPS) is 20.6. The lowest BCUT2D eigenvalue weighted by Crippen LogP contribution is -2.40. The molecular formula is C18H23NO. The summed E-state index contributed by atoms with van der Waals surface area (Å²) < 4.78 is 0. The minimum atomic E-state index is -0.121. The van der Waals surface area contributed by atoms with Crippen molar-refractivity contribution in [2.24, 2.45) is 5.41 Å². The molecule has 1 fully saturated rings. The maximum absolute atomic E-state index is 12.9. The quantitative estimate of drug-likeness (QED) is 0.788. The Morgan fingerprint density at radius 3 is 2.75 bits per heavy atom. The van der Waals surface area contributed by atoms with Crippen LogP contribution >= 0.6 is 0 Å². The second kappa shape index (κ2) is 5.08. The molecule has 1 heterocycles. The minimum absolute atomic E-state index is 0.121. The van der Waals surface area contributed by atoms with Gasteiger partial charge >= 0.3 is 0 Å². The predicted molar refractivity (Wildman–Crippen MR) is 83.8 cm³/mol. The third kappa shape index (κ3) is 2.17. The van der Waals surface area contributed by atoms with Crippen LogP contribution in [-0.4, -0.2) is 12.5 Å². The second-order valence-corrected chi connectivity index (χ2v) is 6.36. The maximum atomic E-state index is 12.9. The fraction of sp³-hybridized carbons (Fsp3) is 0.500. The zero-order chi connectivity index (χ0) is 14.2. The largest absolute Gasteiger partial charge is 0.311 e. The van der Waals surface area contributed by atoms with E-state index in [1.54, 1.807) is 0 Å². The standard InChI is InChI=1S/C18H23NO/c1-3-6-14-7-8-16-15(13-14)9-12-19(16)17(20)18(2)10-4-5-11-18/h3,6-8,13H,4-5,9-12H2,1-2H3/b6-3+. The van der Waals surface area contributed by atoms with Crippen LogP contribution in [0.4, 0.5) is 5.69 Å². The second-order valence-electron chi connectivity index (χ2n) is 6.36. The van der Waals surface area contributed by atoms with E-state index in [4.69, 9.17) is 0 Å². The van der Waals surface area contributed by atoms with Crippen molar-refractivity contribution >= 4 is 17.7 Å². The highest BCUT2D eigenvalue weighted by atomic mass is 16.2. The molecule has 0 N–H and O–H groups in total. The van der Waals surface area contributed by atoms with E-state index in [2.05, 4.69) is 37.3 Å². The van der Waals surface area contributed by atoms with E-state index >= 15 is 0 Å². The summed E-state index contributed by atoms with van der Waals surface area (Å²) in [6.07, 6.45) is 9.65. The third-order valence-electron chi connectivity index (χ3n) is 4.83. The van der Waals surface area contributed by atoms with Crippen molar-refractivity contribution in [1.29, 1.82) is 0 Å². The lowest BCUT2D eigenvalue weighted by atomic mass is 9.87. The van der Waals surface area contributed by atoms with Crippen molar-refractivity contribution < 1.29 is 4.79 Å². The van der Waals surface area contributed by atoms with Gasteiger partial charge in [-0.25, -0.2) is 0 Å². The summed E-state index contributed by atoms with van der Waals surface area (Å²) in [4.78, 5) is 14.9. The molecule has 0 spiro atoms. The van der Waals surface area contributed by atoms with E-state index in [1.165, 1.54) is 24.0 Å². The number of fused-ring (bicyclic) bond motifs is 1. The Balaban J connectivity index is 1.87. The first-order valence-electron chi connectivity index (χ1n) is 7.72. The number of hydrogen-bond donors (Lipinski definition) is 0. The maximum Gasteiger partial charge on any atom is 0.232 e. The van der Waals surface area contributed by atoms with E-state index in [1.807, 2.05) is 11.8 Å². The molecule has 0 atom stereocenters. The number of anilines is 1. The summed E-state index contributed by atoms with van der Waals surface area (Å²) in [5.74, 6) is 0.340. The first kappa shape index (κ1) is 13.4. The first-order chi connectivity index (χ1) is 9.64. The highest BCUT2D eigenvalue weighted by molar-refractivity contribution is 5.99. The van der Waals surface area contributed by atoms with Crippen molar-refractivity contribution in [2.75, 3.05) is 11.4 Å². The average Bonchev–Trinajstić information content (AvgIpc) is 3.05. The summed E-state index contributed by atoms with van der Waals surface area (Å²) in [7, 11) is 0. The van der Waals surface area contributed by atoms with Gasteiger partial charge < -0.3 is 4.90 Å². The molecule has 1 aromatic carbocycles. The van der Waals surface area contributed by atoms with Crippen molar-refractivity contribution in [3.05, 3.63) is 35.4 Å². The van der Waals surface area contributed by atoms with Crippen LogP contribution in [-0.2, 0) is 11.2 Å². The highest BCUT2D eigenvalue weighted by Crippen LogP contribution is 2.42. The van der Waals surface area contributed by atoms with Crippen LogP contribution in [0.1, 0.15) is 50.7 Å². The van der Waals surface area contributed by atoms with Crippen LogP contribution in [0.25, 0.3) is 6.08 Å². The number of benzene rings is 1. The van der Waals surface area contributed by atoms with Crippen LogP contribution in [0, 0.1) is 5.41 Å². The minimum Gasteiger partial charge on any atom is -0.311 e. The Morgan fingerprint density at radius 1 is 1.30 bits per heavy atom. The van der Waals surface area contributed by atoms with Gasteiger partial charge in [0.1, 0.15) is 0 Å². The van der Waals surface area contributed by atoms with Crippen LogP contribution in [0.15, 0.2) is 24.3 Å². The van der Waals surface area contributed by atoms with Crippen molar-refractivity contribution in [3.63, 3.8) is 0 Å². The van der Waals surface area contributed by atoms with Crippen molar-refractivity contribution in [1.82, 2.24) is 0 Å². The summed E-state index contributed by atoms with van der Waals surface area (Å²) in [5.41, 5.74) is 3.56. The number of amides is 1. The molecular weight excluding hydrogens is 246 g/mol. The SMILES string of the molecule is C/C=C/c1ccc2c(c1)CCN2C(=O)C1(C)CCCC1. The van der Waals surface area contributed by atoms with Crippen LogP contribution in [0.3, 0.4) is 0 Å². The zero-order valence-electron chi connectivity index (χ0n) is 12.5. The Kier molecular flexibility index (Phi) is 3.41. The summed E-state index contributed by atoms with van der Waals surface area (Å²) in [5, 5.41) is 0. The molecule has 1 aliphatic carbocycles. The molecule has 0 radical (unpaired) electrons. The van der Waals surface area contributed by atoms with Gasteiger partial charge in [-0.3, -0.25) is 4.79 Å². The molecule has 2 nitrogen and oxygen atoms in total. The molecule has 0 aromatic heterocycles. The van der Waals surface area contributed by atoms with Gasteiger partial charge in [-0.15, -0.1) is 0 Å². The van der Waals surface area contributed by atoms with Crippen molar-refractivity contribution in [2.45, 2.75) is 46.0 Å². The van der Waals surface area contributed by atoms with Gasteiger partial charge in [0.05, 0.1) is 0 Å². The third-order valence-corrected chi connectivity index (χ3v) is 4.83. The summed E-state index contributed by atoms with van der Waals surface area (Å²) in [6, 6.07) is 6.45. The molecule has 2 aliphatic rings. The summed E-state index contributed by atoms with van der Waals surface area (Å²) in [6.45, 7) is 5.03. The molecule has 1 aromatic rings. The van der Waals surface area contributed by atoms with Crippen LogP contribution < -0.4 is 4.90 Å². The van der Waals surface area contributed by atoms with Gasteiger partial charge in [0.15, 0.2) is 0 Å². The molecule has 1 aliphatic heterocycles. The summed E-state index contributed by atoms with van der Waals surface area (Å²) >= 11 is 0. The molecule has 3 rings (SSSR count). The molecule has 106 valence electrons. The molecule has 1 amide bonds. The van der Waals surface area contributed by atoms with Crippen LogP contribution in [0.5, 0.6) is 0 Å². The Bertz CT molecular complexity index is 553. The topological polar surface area (TPSA) is 20.3 Å². The van der Waals surface area contributed by atoms with Crippen LogP contribution in [0.2, 0.25) is 0 Å². The molecule has 1 saturated carbocycles. The van der Waals surface area contributed by atoms with E-state index in [0.29, 0.717) is 5.91 Å². The van der Waals surface area contributed by atoms with Gasteiger partial charge in [-0.2, -0.15) is 0 Å². The van der Waals surface area contributed by atoms with E-state index in [0.717, 1.165) is 31.5 Å². The first-order valence-corrected chi connectivity index (χ1v) is 7.72. The lowest BCUT2D eigenvalue weighted by molar-refractivity contribution is -0.127. The van der Waals surface area contributed by atoms with Gasteiger partial charge in [-0.05, 0) is 49.4 Å². The molecule has 0 unspecified atom stereocenters. The van der Waals surface area contributed by atoms with Gasteiger partial charge in [-0.1, -0.05) is 38.0 Å².